The van der Waals surface area contributed by atoms with E-state index in [0.29, 0.717) is 30.3 Å². The number of halogens is 2. The van der Waals surface area contributed by atoms with E-state index in [9.17, 15) is 4.79 Å². The fraction of sp³-hybridized carbons (Fsp3) is 0.455. The first-order chi connectivity index (χ1) is 13.2. The minimum atomic E-state index is 0. The van der Waals surface area contributed by atoms with Gasteiger partial charge in [-0.25, -0.2) is 4.98 Å². The van der Waals surface area contributed by atoms with Gasteiger partial charge in [0, 0.05) is 30.8 Å². The molecule has 0 saturated heterocycles. The molecule has 2 saturated carbocycles. The monoisotopic (exact) mass is 437 g/mol. The Morgan fingerprint density at radius 2 is 1.76 bits per heavy atom. The topological polar surface area (TPSA) is 77.2 Å². The average molecular weight is 438 g/mol. The van der Waals surface area contributed by atoms with Crippen LogP contribution >= 0.6 is 24.8 Å². The second-order valence-electron chi connectivity index (χ2n) is 7.83. The van der Waals surface area contributed by atoms with Crippen molar-refractivity contribution in [2.45, 2.75) is 44.7 Å². The molecular weight excluding hydrogens is 409 g/mol. The van der Waals surface area contributed by atoms with Crippen LogP contribution in [0.25, 0.3) is 0 Å². The molecule has 7 heteroatoms. The van der Waals surface area contributed by atoms with Crippen molar-refractivity contribution in [1.82, 2.24) is 10.3 Å². The number of aromatic nitrogens is 1. The van der Waals surface area contributed by atoms with E-state index in [0.717, 1.165) is 24.2 Å². The third-order valence-corrected chi connectivity index (χ3v) is 6.01. The number of nitrogens with two attached hydrogens (primary N) is 1. The molecule has 2 fully saturated rings. The van der Waals surface area contributed by atoms with Crippen LogP contribution in [0.5, 0.6) is 11.6 Å². The Labute approximate surface area is 184 Å². The molecule has 1 aromatic heterocycles. The molecule has 2 bridgehead atoms. The summed E-state index contributed by atoms with van der Waals surface area (Å²) in [5.74, 6) is 2.60. The number of ether oxygens (including phenoxy) is 1. The number of pyridine rings is 1. The predicted molar refractivity (Wildman–Crippen MR) is 119 cm³/mol. The van der Waals surface area contributed by atoms with E-state index in [2.05, 4.69) is 10.3 Å². The van der Waals surface area contributed by atoms with Gasteiger partial charge in [0.2, 0.25) is 11.8 Å². The van der Waals surface area contributed by atoms with Crippen molar-refractivity contribution in [2.24, 2.45) is 23.5 Å². The second-order valence-corrected chi connectivity index (χ2v) is 7.83. The number of rotatable bonds is 5. The molecule has 0 aliphatic heterocycles. The van der Waals surface area contributed by atoms with Gasteiger partial charge in [0.25, 0.3) is 0 Å². The molecule has 2 aliphatic carbocycles. The van der Waals surface area contributed by atoms with Crippen molar-refractivity contribution in [3.8, 4) is 11.6 Å². The lowest BCUT2D eigenvalue weighted by Gasteiger charge is -2.43. The smallest absolute Gasteiger partial charge is 0.223 e. The van der Waals surface area contributed by atoms with E-state index in [-0.39, 0.29) is 36.6 Å². The third kappa shape index (κ3) is 5.84. The number of benzene rings is 1. The van der Waals surface area contributed by atoms with Crippen molar-refractivity contribution >= 4 is 30.7 Å². The fourth-order valence-corrected chi connectivity index (χ4v) is 4.52. The van der Waals surface area contributed by atoms with Gasteiger partial charge in [0.05, 0.1) is 0 Å². The third-order valence-electron chi connectivity index (χ3n) is 6.01. The Hall–Kier alpha value is -1.82. The van der Waals surface area contributed by atoms with Gasteiger partial charge in [-0.1, -0.05) is 30.7 Å². The van der Waals surface area contributed by atoms with E-state index in [1.165, 1.54) is 19.3 Å². The molecule has 1 heterocycles. The highest BCUT2D eigenvalue weighted by molar-refractivity contribution is 5.85. The molecule has 2 aromatic rings. The summed E-state index contributed by atoms with van der Waals surface area (Å²) < 4.78 is 5.70. The summed E-state index contributed by atoms with van der Waals surface area (Å²) in [6.07, 6.45) is 7.24. The number of nitrogens with one attached hydrogen (secondary N) is 1. The molecule has 1 aromatic carbocycles. The van der Waals surface area contributed by atoms with E-state index < -0.39 is 0 Å². The highest BCUT2D eigenvalue weighted by Gasteiger charge is 2.40. The summed E-state index contributed by atoms with van der Waals surface area (Å²) >= 11 is 0. The Kier molecular flexibility index (Phi) is 8.75. The van der Waals surface area contributed by atoms with Crippen molar-refractivity contribution in [3.63, 3.8) is 0 Å². The molecule has 2 aliphatic rings. The molecule has 29 heavy (non-hydrogen) atoms. The van der Waals surface area contributed by atoms with Crippen LogP contribution in [0, 0.1) is 17.8 Å². The first-order valence-corrected chi connectivity index (χ1v) is 9.90. The number of amides is 1. The average Bonchev–Trinajstić information content (AvgIpc) is 2.68. The number of hydrogen-bond acceptors (Lipinski definition) is 4. The van der Waals surface area contributed by atoms with E-state index in [1.54, 1.807) is 6.20 Å². The maximum absolute atomic E-state index is 12.6. The molecule has 2 unspecified atom stereocenters. The second kappa shape index (κ2) is 10.8. The van der Waals surface area contributed by atoms with Crippen molar-refractivity contribution in [1.29, 1.82) is 0 Å². The largest absolute Gasteiger partial charge is 0.439 e. The van der Waals surface area contributed by atoms with E-state index >= 15 is 0 Å². The first-order valence-electron chi connectivity index (χ1n) is 9.90. The number of hydrogen-bond donors (Lipinski definition) is 2. The molecule has 2 atom stereocenters. The van der Waals surface area contributed by atoms with Gasteiger partial charge < -0.3 is 15.8 Å². The minimum absolute atomic E-state index is 0. The molecule has 3 N–H and O–H groups in total. The fourth-order valence-electron chi connectivity index (χ4n) is 4.52. The summed E-state index contributed by atoms with van der Waals surface area (Å²) in [6.45, 7) is 0.495. The van der Waals surface area contributed by atoms with Gasteiger partial charge in [0.15, 0.2) is 0 Å². The van der Waals surface area contributed by atoms with Crippen molar-refractivity contribution < 1.29 is 9.53 Å². The quantitative estimate of drug-likeness (QED) is 0.721. The zero-order valence-corrected chi connectivity index (χ0v) is 18.0. The van der Waals surface area contributed by atoms with Gasteiger partial charge in [0.1, 0.15) is 5.75 Å². The Morgan fingerprint density at radius 1 is 1.07 bits per heavy atom. The highest BCUT2D eigenvalue weighted by Crippen LogP contribution is 2.41. The van der Waals surface area contributed by atoms with Gasteiger partial charge in [-0.2, -0.15) is 0 Å². The summed E-state index contributed by atoms with van der Waals surface area (Å²) in [7, 11) is 0. The predicted octanol–water partition coefficient (Wildman–Crippen LogP) is 4.49. The van der Waals surface area contributed by atoms with Crippen molar-refractivity contribution in [2.75, 3.05) is 0 Å². The van der Waals surface area contributed by atoms with Crippen LogP contribution < -0.4 is 15.8 Å². The van der Waals surface area contributed by atoms with Crippen LogP contribution in [-0.4, -0.2) is 16.9 Å². The van der Waals surface area contributed by atoms with Gasteiger partial charge in [-0.3, -0.25) is 4.79 Å². The molecular formula is C22H29Cl2N3O2. The summed E-state index contributed by atoms with van der Waals surface area (Å²) in [4.78, 5) is 17.0. The zero-order valence-electron chi connectivity index (χ0n) is 16.3. The van der Waals surface area contributed by atoms with Crippen LogP contribution in [0.15, 0.2) is 48.7 Å². The maximum atomic E-state index is 12.6. The van der Waals surface area contributed by atoms with Gasteiger partial charge in [-0.05, 0) is 55.2 Å². The lowest BCUT2D eigenvalue weighted by molar-refractivity contribution is -0.128. The molecule has 1 amide bonds. The molecule has 0 spiro atoms. The van der Waals surface area contributed by atoms with Crippen LogP contribution in [0.4, 0.5) is 0 Å². The number of nitrogens with zero attached hydrogens (tertiary/aromatic N) is 1. The lowest BCUT2D eigenvalue weighted by Crippen LogP contribution is -2.49. The van der Waals surface area contributed by atoms with Crippen LogP contribution in [0.2, 0.25) is 0 Å². The normalized spacial score (nSPS) is 25.1. The number of para-hydroxylation sites is 1. The Balaban J connectivity index is 0.00000150. The molecule has 158 valence electrons. The standard InChI is InChI=1S/C22H27N3O2.2ClH/c23-21-16-5-4-6-17(21)12-18(11-16)22(26)25-14-15-9-10-20(24-13-15)27-19-7-2-1-3-8-19;;/h1-3,7-10,13,16-18,21H,4-6,11-12,14,23H2,(H,25,26);2*1H. The molecule has 0 radical (unpaired) electrons. The Bertz CT molecular complexity index is 759. The summed E-state index contributed by atoms with van der Waals surface area (Å²) in [5.41, 5.74) is 7.30. The SMILES string of the molecule is Cl.Cl.NC1C2CCCC1CC(C(=O)NCc1ccc(Oc3ccccc3)nc1)C2. The minimum Gasteiger partial charge on any atom is -0.439 e. The molecule has 5 nitrogen and oxygen atoms in total. The van der Waals surface area contributed by atoms with Crippen LogP contribution in [0.3, 0.4) is 0 Å². The summed E-state index contributed by atoms with van der Waals surface area (Å²) in [6, 6.07) is 13.6. The van der Waals surface area contributed by atoms with E-state index in [4.69, 9.17) is 10.5 Å². The zero-order chi connectivity index (χ0) is 18.6. The van der Waals surface area contributed by atoms with Crippen LogP contribution in [-0.2, 0) is 11.3 Å². The summed E-state index contributed by atoms with van der Waals surface area (Å²) in [5, 5.41) is 3.08. The maximum Gasteiger partial charge on any atom is 0.223 e. The highest BCUT2D eigenvalue weighted by atomic mass is 35.5. The van der Waals surface area contributed by atoms with Gasteiger partial charge in [-0.15, -0.1) is 24.8 Å². The van der Waals surface area contributed by atoms with Gasteiger partial charge >= 0.3 is 0 Å². The lowest BCUT2D eigenvalue weighted by atomic mass is 9.65. The Morgan fingerprint density at radius 3 is 2.38 bits per heavy atom. The number of carbonyl (C=O) groups is 1. The van der Waals surface area contributed by atoms with Crippen LogP contribution in [0.1, 0.15) is 37.7 Å². The van der Waals surface area contributed by atoms with E-state index in [1.807, 2.05) is 42.5 Å². The number of carbonyl (C=O) groups excluding carboxylic acids is 1. The number of fused-ring (bicyclic) bond motifs is 2. The molecule has 4 rings (SSSR count). The van der Waals surface area contributed by atoms with Crippen molar-refractivity contribution in [3.05, 3.63) is 54.2 Å². The first kappa shape index (κ1) is 23.5.